The van der Waals surface area contributed by atoms with Gasteiger partial charge >= 0.3 is 0 Å². The number of anilines is 1. The van der Waals surface area contributed by atoms with Crippen LogP contribution in [0.25, 0.3) is 21.5 Å². The van der Waals surface area contributed by atoms with Crippen LogP contribution in [-0.2, 0) is 20.0 Å². The van der Waals surface area contributed by atoms with E-state index >= 15 is 0 Å². The van der Waals surface area contributed by atoms with E-state index in [1.807, 2.05) is 48.5 Å². The molecule has 0 bridgehead atoms. The van der Waals surface area contributed by atoms with Gasteiger partial charge in [0, 0.05) is 16.3 Å². The van der Waals surface area contributed by atoms with Crippen LogP contribution in [0.3, 0.4) is 0 Å². The molecule has 0 saturated heterocycles. The summed E-state index contributed by atoms with van der Waals surface area (Å²) in [6, 6.07) is 17.1. The Balaban J connectivity index is 1.79. The van der Waals surface area contributed by atoms with Gasteiger partial charge in [-0.05, 0) is 22.9 Å². The van der Waals surface area contributed by atoms with Gasteiger partial charge in [-0.15, -0.1) is 0 Å². The molecular formula is C21H15Cl2N3O4S2. The summed E-state index contributed by atoms with van der Waals surface area (Å²) in [7, 11) is -8.32. The fourth-order valence-electron chi connectivity index (χ4n) is 4.04. The highest BCUT2D eigenvalue weighted by molar-refractivity contribution is 7.90. The van der Waals surface area contributed by atoms with E-state index in [4.69, 9.17) is 28.3 Å². The molecule has 1 atom stereocenters. The van der Waals surface area contributed by atoms with Crippen molar-refractivity contribution in [3.05, 3.63) is 76.3 Å². The lowest BCUT2D eigenvalue weighted by molar-refractivity contribution is 0.563. The Morgan fingerprint density at radius 1 is 0.875 bits per heavy atom. The molecule has 1 unspecified atom stereocenters. The van der Waals surface area contributed by atoms with Crippen molar-refractivity contribution in [2.75, 3.05) is 5.32 Å². The monoisotopic (exact) mass is 507 g/mol. The summed E-state index contributed by atoms with van der Waals surface area (Å²) >= 11 is 12.8. The lowest BCUT2D eigenvalue weighted by atomic mass is 9.95. The minimum atomic E-state index is -4.21. The molecule has 0 aliphatic carbocycles. The number of fused-ring (bicyclic) bond motifs is 3. The second kappa shape index (κ2) is 7.31. The molecule has 4 aromatic carbocycles. The van der Waals surface area contributed by atoms with Crippen LogP contribution in [0.15, 0.2) is 70.5 Å². The van der Waals surface area contributed by atoms with Gasteiger partial charge < -0.3 is 5.32 Å². The number of benzene rings is 4. The first kappa shape index (κ1) is 21.4. The van der Waals surface area contributed by atoms with Gasteiger partial charge in [0.05, 0.1) is 15.7 Å². The maximum atomic E-state index is 13.1. The number of hydrogen-bond donors (Lipinski definition) is 3. The molecule has 1 aliphatic heterocycles. The van der Waals surface area contributed by atoms with Crippen LogP contribution < -0.4 is 15.2 Å². The van der Waals surface area contributed by atoms with Gasteiger partial charge in [-0.1, -0.05) is 71.7 Å². The van der Waals surface area contributed by atoms with Crippen molar-refractivity contribution in [1.29, 1.82) is 0 Å². The quantitative estimate of drug-likeness (QED) is 0.348. The standard InChI is InChI=1S/C21H15Cl2N3O4S2/c22-15-9-16-18(10-17(15)31(24,27)28)32(29,30)26-21(25-16)19-11-5-1-3-7-13(11)20(23)14-8-4-2-6-12(14)19/h1-10,21,25-26H,(H2,24,27,28). The molecule has 0 fully saturated rings. The fourth-order valence-corrected chi connectivity index (χ4v) is 6.84. The lowest BCUT2D eigenvalue weighted by Gasteiger charge is -2.30. The van der Waals surface area contributed by atoms with Crippen LogP contribution in [0.2, 0.25) is 10.0 Å². The molecule has 1 aliphatic rings. The fraction of sp³-hybridized carbons (Fsp3) is 0.0476. The molecule has 1 heterocycles. The second-order valence-electron chi connectivity index (χ2n) is 7.34. The van der Waals surface area contributed by atoms with Crippen LogP contribution in [0.4, 0.5) is 5.69 Å². The van der Waals surface area contributed by atoms with Gasteiger partial charge in [-0.2, -0.15) is 4.72 Å². The van der Waals surface area contributed by atoms with E-state index in [0.717, 1.165) is 27.6 Å². The van der Waals surface area contributed by atoms with Crippen LogP contribution >= 0.6 is 23.2 Å². The van der Waals surface area contributed by atoms with E-state index < -0.39 is 31.1 Å². The smallest absolute Gasteiger partial charge is 0.244 e. The Bertz CT molecular complexity index is 1600. The van der Waals surface area contributed by atoms with Gasteiger partial charge in [0.15, 0.2) is 0 Å². The zero-order valence-corrected chi connectivity index (χ0v) is 19.3. The molecular weight excluding hydrogens is 493 g/mol. The molecule has 5 rings (SSSR count). The number of primary sulfonamides is 1. The minimum Gasteiger partial charge on any atom is -0.364 e. The summed E-state index contributed by atoms with van der Waals surface area (Å²) in [5.74, 6) is 0. The summed E-state index contributed by atoms with van der Waals surface area (Å²) in [6.45, 7) is 0. The van der Waals surface area contributed by atoms with Crippen molar-refractivity contribution in [3.8, 4) is 0 Å². The predicted octanol–water partition coefficient (Wildman–Crippen LogP) is 4.35. The Labute approximate surface area is 194 Å². The number of sulfonamides is 2. The second-order valence-corrected chi connectivity index (χ2v) is 11.3. The number of nitrogens with two attached hydrogens (primary N) is 1. The van der Waals surface area contributed by atoms with Crippen molar-refractivity contribution in [2.45, 2.75) is 16.0 Å². The largest absolute Gasteiger partial charge is 0.364 e. The van der Waals surface area contributed by atoms with Gasteiger partial charge in [0.25, 0.3) is 0 Å². The third-order valence-electron chi connectivity index (χ3n) is 5.40. The lowest BCUT2D eigenvalue weighted by Crippen LogP contribution is -2.38. The predicted molar refractivity (Wildman–Crippen MR) is 126 cm³/mol. The zero-order valence-electron chi connectivity index (χ0n) is 16.1. The Kier molecular flexibility index (Phi) is 4.90. The highest BCUT2D eigenvalue weighted by atomic mass is 35.5. The topological polar surface area (TPSA) is 118 Å². The summed E-state index contributed by atoms with van der Waals surface area (Å²) in [4.78, 5) is -0.726. The van der Waals surface area contributed by atoms with Crippen LogP contribution in [0.1, 0.15) is 11.7 Å². The Hall–Kier alpha value is -2.40. The summed E-state index contributed by atoms with van der Waals surface area (Å²) < 4.78 is 52.5. The highest BCUT2D eigenvalue weighted by Crippen LogP contribution is 2.42. The first-order valence-electron chi connectivity index (χ1n) is 9.32. The van der Waals surface area contributed by atoms with Crippen LogP contribution in [-0.4, -0.2) is 16.8 Å². The van der Waals surface area contributed by atoms with E-state index in [9.17, 15) is 16.8 Å². The third kappa shape index (κ3) is 3.33. The highest BCUT2D eigenvalue weighted by Gasteiger charge is 2.34. The number of hydrogen-bond acceptors (Lipinski definition) is 5. The Morgan fingerprint density at radius 2 is 1.41 bits per heavy atom. The van der Waals surface area contributed by atoms with Crippen molar-refractivity contribution >= 4 is 70.5 Å². The van der Waals surface area contributed by atoms with Crippen LogP contribution in [0.5, 0.6) is 0 Å². The van der Waals surface area contributed by atoms with Crippen molar-refractivity contribution in [1.82, 2.24) is 4.72 Å². The molecule has 0 radical (unpaired) electrons. The molecule has 0 saturated carbocycles. The van der Waals surface area contributed by atoms with Crippen LogP contribution in [0, 0.1) is 0 Å². The molecule has 11 heteroatoms. The van der Waals surface area contributed by atoms with E-state index in [1.165, 1.54) is 6.07 Å². The van der Waals surface area contributed by atoms with Gasteiger partial charge in [0.2, 0.25) is 20.0 Å². The normalized spacial score (nSPS) is 17.8. The van der Waals surface area contributed by atoms with E-state index in [-0.39, 0.29) is 15.6 Å². The maximum absolute atomic E-state index is 13.1. The molecule has 4 aromatic rings. The minimum absolute atomic E-state index is 0.161. The third-order valence-corrected chi connectivity index (χ3v) is 8.64. The number of rotatable bonds is 2. The SMILES string of the molecule is NS(=O)(=O)c1cc2c(cc1Cl)NC(c1c3ccccc3c(Cl)c3ccccc13)NS2(=O)=O. The molecule has 0 amide bonds. The molecule has 0 spiro atoms. The average Bonchev–Trinajstić information content (AvgIpc) is 2.72. The number of nitrogens with one attached hydrogen (secondary N) is 2. The van der Waals surface area contributed by atoms with E-state index in [2.05, 4.69) is 10.0 Å². The molecule has 4 N–H and O–H groups in total. The molecule has 7 nitrogen and oxygen atoms in total. The molecule has 0 aromatic heterocycles. The first-order valence-corrected chi connectivity index (χ1v) is 13.1. The summed E-state index contributed by atoms with van der Waals surface area (Å²) in [5, 5.41) is 11.8. The van der Waals surface area contributed by atoms with Crippen molar-refractivity contribution in [3.63, 3.8) is 0 Å². The maximum Gasteiger partial charge on any atom is 0.244 e. The zero-order chi connectivity index (χ0) is 22.8. The van der Waals surface area contributed by atoms with E-state index in [1.54, 1.807) is 0 Å². The van der Waals surface area contributed by atoms with Crippen molar-refractivity contribution in [2.24, 2.45) is 5.14 Å². The summed E-state index contributed by atoms with van der Waals surface area (Å²) in [5.41, 5.74) is 0.843. The van der Waals surface area contributed by atoms with Gasteiger partial charge in [-0.3, -0.25) is 0 Å². The van der Waals surface area contributed by atoms with Crippen molar-refractivity contribution < 1.29 is 16.8 Å². The van der Waals surface area contributed by atoms with Gasteiger partial charge in [-0.25, -0.2) is 22.0 Å². The van der Waals surface area contributed by atoms with E-state index in [0.29, 0.717) is 10.6 Å². The molecule has 32 heavy (non-hydrogen) atoms. The summed E-state index contributed by atoms with van der Waals surface area (Å²) in [6.07, 6.45) is -0.865. The number of halogens is 2. The Morgan fingerprint density at radius 3 is 1.94 bits per heavy atom. The average molecular weight is 508 g/mol. The first-order chi connectivity index (χ1) is 15.1. The van der Waals surface area contributed by atoms with Gasteiger partial charge in [0.1, 0.15) is 16.0 Å². The molecule has 164 valence electrons.